The maximum atomic E-state index is 12.5. The van der Waals surface area contributed by atoms with Crippen LogP contribution in [0, 0.1) is 0 Å². The molecular weight excluding hydrogens is 462 g/mol. The van der Waals surface area contributed by atoms with Crippen LogP contribution < -0.4 is 10.5 Å². The molecule has 7 heteroatoms. The molecule has 7 nitrogen and oxygen atoms in total. The summed E-state index contributed by atoms with van der Waals surface area (Å²) in [5.41, 5.74) is 12.6. The molecule has 1 unspecified atom stereocenters. The Bertz CT molecular complexity index is 1550. The summed E-state index contributed by atoms with van der Waals surface area (Å²) in [4.78, 5) is 25.8. The van der Waals surface area contributed by atoms with Crippen molar-refractivity contribution in [3.05, 3.63) is 114 Å². The second kappa shape index (κ2) is 10.1. The number of ether oxygens (including phenoxy) is 1. The van der Waals surface area contributed by atoms with Crippen molar-refractivity contribution in [2.24, 2.45) is 5.73 Å². The normalized spacial score (nSPS) is 12.7. The Balaban J connectivity index is 1.82. The first-order valence-corrected chi connectivity index (χ1v) is 11.9. The van der Waals surface area contributed by atoms with Crippen LogP contribution in [-0.2, 0) is 4.79 Å². The molecular formula is C30H27N5O2. The van der Waals surface area contributed by atoms with E-state index in [4.69, 9.17) is 15.5 Å². The van der Waals surface area contributed by atoms with Crippen molar-refractivity contribution < 1.29 is 9.53 Å². The zero-order valence-corrected chi connectivity index (χ0v) is 20.9. The summed E-state index contributed by atoms with van der Waals surface area (Å²) in [6, 6.07) is 22.2. The molecule has 0 aliphatic carbocycles. The molecule has 0 saturated carbocycles. The van der Waals surface area contributed by atoms with Gasteiger partial charge in [-0.15, -0.1) is 0 Å². The Hall–Kier alpha value is -4.78. The second-order valence-electron chi connectivity index (χ2n) is 8.82. The quantitative estimate of drug-likeness (QED) is 0.307. The molecule has 2 N–H and O–H groups in total. The molecule has 0 saturated heterocycles. The third kappa shape index (κ3) is 4.59. The highest BCUT2D eigenvalue weighted by molar-refractivity contribution is 6.21. The lowest BCUT2D eigenvalue weighted by molar-refractivity contribution is -0.111. The van der Waals surface area contributed by atoms with Crippen molar-refractivity contribution in [3.8, 4) is 17.1 Å². The van der Waals surface area contributed by atoms with E-state index in [0.717, 1.165) is 38.9 Å². The number of fused-ring (bicyclic) bond motifs is 1. The molecule has 0 aliphatic heterocycles. The van der Waals surface area contributed by atoms with Gasteiger partial charge in [-0.05, 0) is 43.2 Å². The van der Waals surface area contributed by atoms with E-state index < -0.39 is 0 Å². The lowest BCUT2D eigenvalue weighted by Gasteiger charge is -2.21. The Kier molecular flexibility index (Phi) is 6.51. The number of ketones is 1. The van der Waals surface area contributed by atoms with Crippen LogP contribution in [-0.4, -0.2) is 32.4 Å². The third-order valence-corrected chi connectivity index (χ3v) is 6.35. The maximum absolute atomic E-state index is 12.5. The number of carbonyl (C=O) groups excluding carboxylic acids is 1. The van der Waals surface area contributed by atoms with Crippen molar-refractivity contribution in [1.29, 1.82) is 0 Å². The molecule has 0 spiro atoms. The standard InChI is InChI=1S/C30H27N5O2/c1-19(31)28(20(2)36)22-12-13-24-25(23-16-33-30(37-3)34-17-23)18-35(27(24)15-22)29(21-9-5-4-6-10-21)26-11-7-8-14-32-26/h4-18,29H,31H2,1-3H3/b28-19+. The minimum absolute atomic E-state index is 0.0782. The Morgan fingerprint density at radius 3 is 2.30 bits per heavy atom. The van der Waals surface area contributed by atoms with Crippen LogP contribution in [0.15, 0.2) is 97.2 Å². The first kappa shape index (κ1) is 23.9. The van der Waals surface area contributed by atoms with Gasteiger partial charge in [-0.3, -0.25) is 9.78 Å². The van der Waals surface area contributed by atoms with Gasteiger partial charge in [-0.1, -0.05) is 48.5 Å². The average molecular weight is 490 g/mol. The van der Waals surface area contributed by atoms with Gasteiger partial charge in [0.05, 0.1) is 18.3 Å². The maximum Gasteiger partial charge on any atom is 0.316 e. The van der Waals surface area contributed by atoms with Gasteiger partial charge in [-0.2, -0.15) is 0 Å². The number of hydrogen-bond donors (Lipinski definition) is 1. The van der Waals surface area contributed by atoms with Crippen molar-refractivity contribution in [1.82, 2.24) is 19.5 Å². The van der Waals surface area contributed by atoms with Crippen LogP contribution >= 0.6 is 0 Å². The van der Waals surface area contributed by atoms with Gasteiger partial charge in [0.1, 0.15) is 6.04 Å². The fourth-order valence-electron chi connectivity index (χ4n) is 4.77. The zero-order valence-electron chi connectivity index (χ0n) is 20.9. The van der Waals surface area contributed by atoms with Crippen LogP contribution in [0.3, 0.4) is 0 Å². The van der Waals surface area contributed by atoms with Crippen LogP contribution in [0.2, 0.25) is 0 Å². The van der Waals surface area contributed by atoms with E-state index in [1.54, 1.807) is 32.6 Å². The molecule has 0 fully saturated rings. The molecule has 0 bridgehead atoms. The predicted octanol–water partition coefficient (Wildman–Crippen LogP) is 5.42. The molecule has 3 heterocycles. The highest BCUT2D eigenvalue weighted by Crippen LogP contribution is 2.37. The fourth-order valence-corrected chi connectivity index (χ4v) is 4.77. The second-order valence-corrected chi connectivity index (χ2v) is 8.82. The first-order valence-electron chi connectivity index (χ1n) is 11.9. The Labute approximate surface area is 215 Å². The van der Waals surface area contributed by atoms with Crippen LogP contribution in [0.25, 0.3) is 27.6 Å². The van der Waals surface area contributed by atoms with Crippen LogP contribution in [0.5, 0.6) is 6.01 Å². The number of carbonyl (C=O) groups is 1. The van der Waals surface area contributed by atoms with E-state index in [1.165, 1.54) is 6.92 Å². The highest BCUT2D eigenvalue weighted by Gasteiger charge is 2.23. The fraction of sp³-hybridized carbons (Fsp3) is 0.133. The molecule has 5 aromatic rings. The number of Topliss-reactive ketones (excluding diaryl/α,β-unsaturated/α-hetero) is 1. The van der Waals surface area contributed by atoms with E-state index in [9.17, 15) is 4.79 Å². The summed E-state index contributed by atoms with van der Waals surface area (Å²) < 4.78 is 7.35. The van der Waals surface area contributed by atoms with E-state index >= 15 is 0 Å². The van der Waals surface area contributed by atoms with Crippen molar-refractivity contribution in [2.75, 3.05) is 7.11 Å². The molecule has 0 radical (unpaired) electrons. The summed E-state index contributed by atoms with van der Waals surface area (Å²) in [6.07, 6.45) is 7.40. The van der Waals surface area contributed by atoms with Crippen molar-refractivity contribution >= 4 is 22.3 Å². The predicted molar refractivity (Wildman–Crippen MR) is 145 cm³/mol. The molecule has 184 valence electrons. The number of nitrogens with two attached hydrogens (primary N) is 1. The lowest BCUT2D eigenvalue weighted by Crippen LogP contribution is -2.13. The summed E-state index contributed by atoms with van der Waals surface area (Å²) in [5.74, 6) is -0.0782. The van der Waals surface area contributed by atoms with Gasteiger partial charge >= 0.3 is 6.01 Å². The molecule has 0 amide bonds. The summed E-state index contributed by atoms with van der Waals surface area (Å²) >= 11 is 0. The summed E-state index contributed by atoms with van der Waals surface area (Å²) in [7, 11) is 1.54. The number of hydrogen-bond acceptors (Lipinski definition) is 6. The van der Waals surface area contributed by atoms with Crippen molar-refractivity contribution in [2.45, 2.75) is 19.9 Å². The minimum Gasteiger partial charge on any atom is -0.467 e. The van der Waals surface area contributed by atoms with Gasteiger partial charge in [0, 0.05) is 52.6 Å². The number of pyridine rings is 1. The third-order valence-electron chi connectivity index (χ3n) is 6.35. The van der Waals surface area contributed by atoms with E-state index in [1.807, 2.05) is 54.6 Å². The SMILES string of the molecule is COc1ncc(-c2cn(C(c3ccccc3)c3ccccn3)c3cc(/C(C(C)=O)=C(\C)N)ccc23)cn1. The Morgan fingerprint density at radius 1 is 0.946 bits per heavy atom. The monoisotopic (exact) mass is 489 g/mol. The number of aromatic nitrogens is 4. The molecule has 3 aromatic heterocycles. The van der Waals surface area contributed by atoms with Gasteiger partial charge in [0.2, 0.25) is 0 Å². The smallest absolute Gasteiger partial charge is 0.316 e. The van der Waals surface area contributed by atoms with Gasteiger partial charge < -0.3 is 15.0 Å². The zero-order chi connectivity index (χ0) is 25.9. The van der Waals surface area contributed by atoms with Crippen molar-refractivity contribution in [3.63, 3.8) is 0 Å². The molecule has 0 aliphatic rings. The molecule has 2 aromatic carbocycles. The molecule has 1 atom stereocenters. The van der Waals surface area contributed by atoms with E-state index in [0.29, 0.717) is 17.3 Å². The number of rotatable bonds is 7. The highest BCUT2D eigenvalue weighted by atomic mass is 16.5. The summed E-state index contributed by atoms with van der Waals surface area (Å²) in [6.45, 7) is 3.29. The van der Waals surface area contributed by atoms with Gasteiger partial charge in [-0.25, -0.2) is 9.97 Å². The van der Waals surface area contributed by atoms with Gasteiger partial charge in [0.15, 0.2) is 5.78 Å². The topological polar surface area (TPSA) is 95.9 Å². The Morgan fingerprint density at radius 2 is 1.68 bits per heavy atom. The number of nitrogens with zero attached hydrogens (tertiary/aromatic N) is 4. The molecule has 5 rings (SSSR count). The first-order chi connectivity index (χ1) is 18.0. The van der Waals surface area contributed by atoms with Crippen LogP contribution in [0.1, 0.15) is 36.7 Å². The molecule has 37 heavy (non-hydrogen) atoms. The average Bonchev–Trinajstić information content (AvgIpc) is 3.28. The van der Waals surface area contributed by atoms with E-state index in [2.05, 4.69) is 32.9 Å². The largest absolute Gasteiger partial charge is 0.467 e. The van der Waals surface area contributed by atoms with Crippen LogP contribution in [0.4, 0.5) is 0 Å². The number of methoxy groups -OCH3 is 1. The number of allylic oxidation sites excluding steroid dienone is 2. The minimum atomic E-state index is -0.211. The van der Waals surface area contributed by atoms with E-state index in [-0.39, 0.29) is 11.8 Å². The van der Waals surface area contributed by atoms with Gasteiger partial charge in [0.25, 0.3) is 0 Å². The number of benzene rings is 2. The lowest BCUT2D eigenvalue weighted by atomic mass is 9.98. The summed E-state index contributed by atoms with van der Waals surface area (Å²) in [5, 5.41) is 0.993.